The Morgan fingerprint density at radius 3 is 2.59 bits per heavy atom. The first kappa shape index (κ1) is 26.1. The Morgan fingerprint density at radius 1 is 1.19 bits per heavy atom. The number of nitrogens with one attached hydrogen (secondary N) is 2. The third-order valence-corrected chi connectivity index (χ3v) is 7.31. The summed E-state index contributed by atoms with van der Waals surface area (Å²) in [5.41, 5.74) is 7.49. The predicted octanol–water partition coefficient (Wildman–Crippen LogP) is 1.77. The normalized spacial score (nSPS) is 23.2. The highest BCUT2D eigenvalue weighted by molar-refractivity contribution is 6.19. The summed E-state index contributed by atoms with van der Waals surface area (Å²) in [6, 6.07) is 7.02. The zero-order valence-electron chi connectivity index (χ0n) is 20.9. The SMILES string of the molecule is CC1C(=O)N(CCCC[C@H](CC(=O)c2ccc(NCC3=CN=C4N=C(N)NC(=O)C34)cc2)C(=O)O)C1C. The number of unbranched alkanes of at least 4 members (excludes halogenated alkanes) is 1. The molecule has 1 aromatic rings. The van der Waals surface area contributed by atoms with Crippen LogP contribution in [-0.4, -0.2) is 64.5 Å². The monoisotopic (exact) mass is 508 g/mol. The van der Waals surface area contributed by atoms with Crippen molar-refractivity contribution in [1.29, 1.82) is 0 Å². The summed E-state index contributed by atoms with van der Waals surface area (Å²) < 4.78 is 0. The van der Waals surface area contributed by atoms with E-state index < -0.39 is 17.8 Å². The molecule has 3 aliphatic rings. The van der Waals surface area contributed by atoms with E-state index in [2.05, 4.69) is 20.6 Å². The summed E-state index contributed by atoms with van der Waals surface area (Å²) in [6.07, 6.45) is 3.26. The number of hydrogen-bond donors (Lipinski definition) is 4. The number of benzene rings is 1. The van der Waals surface area contributed by atoms with Gasteiger partial charge in [-0.25, -0.2) is 4.99 Å². The molecule has 1 saturated heterocycles. The molecule has 0 bridgehead atoms. The first-order chi connectivity index (χ1) is 17.7. The van der Waals surface area contributed by atoms with Crippen molar-refractivity contribution in [2.45, 2.75) is 45.6 Å². The molecule has 3 unspecified atom stereocenters. The Morgan fingerprint density at radius 2 is 1.92 bits per heavy atom. The van der Waals surface area contributed by atoms with Crippen LogP contribution in [0.1, 0.15) is 49.9 Å². The van der Waals surface area contributed by atoms with E-state index in [1.54, 1.807) is 30.5 Å². The number of aliphatic imine (C=N–C) groups is 2. The largest absolute Gasteiger partial charge is 0.481 e. The molecule has 4 atom stereocenters. The van der Waals surface area contributed by atoms with E-state index in [-0.39, 0.29) is 41.9 Å². The summed E-state index contributed by atoms with van der Waals surface area (Å²) in [5, 5.41) is 15.3. The molecule has 5 N–H and O–H groups in total. The standard InChI is InChI=1S/C26H32N6O5/c1-14-15(2)32(24(14)35)10-4-3-5-17(25(36)37)11-20(33)16-6-8-19(9-7-16)28-12-18-13-29-22-21(18)23(34)31-26(27)30-22/h6-9,13-15,17,21,28H,3-5,10-12H2,1-2H3,(H,36,37)(H3,27,29,30,31,34)/t14?,15?,17-,21?/m1/s1. The Hall–Kier alpha value is -4.02. The van der Waals surface area contributed by atoms with Crippen molar-refractivity contribution >= 4 is 41.0 Å². The van der Waals surface area contributed by atoms with Gasteiger partial charge in [-0.2, -0.15) is 4.99 Å². The lowest BCUT2D eigenvalue weighted by Crippen LogP contribution is -2.58. The third kappa shape index (κ3) is 5.71. The zero-order valence-corrected chi connectivity index (χ0v) is 20.9. The number of Topliss-reactive ketones (excluding diaryl/α,β-unsaturated/α-hetero) is 1. The Kier molecular flexibility index (Phi) is 7.70. The van der Waals surface area contributed by atoms with E-state index in [1.807, 2.05) is 18.7 Å². The number of fused-ring (bicyclic) bond motifs is 1. The van der Waals surface area contributed by atoms with Crippen LogP contribution in [0.2, 0.25) is 0 Å². The van der Waals surface area contributed by atoms with Gasteiger partial charge in [-0.3, -0.25) is 24.5 Å². The number of β-lactam (4-membered cyclic amide) rings is 1. The molecule has 4 rings (SSSR count). The minimum Gasteiger partial charge on any atom is -0.481 e. The molecule has 3 heterocycles. The summed E-state index contributed by atoms with van der Waals surface area (Å²) in [7, 11) is 0. The highest BCUT2D eigenvalue weighted by atomic mass is 16.4. The van der Waals surface area contributed by atoms with E-state index in [4.69, 9.17) is 5.73 Å². The van der Waals surface area contributed by atoms with Crippen molar-refractivity contribution in [3.63, 3.8) is 0 Å². The molecule has 0 saturated carbocycles. The molecule has 37 heavy (non-hydrogen) atoms. The maximum absolute atomic E-state index is 12.7. The van der Waals surface area contributed by atoms with Crippen LogP contribution in [-0.2, 0) is 14.4 Å². The number of aliphatic carboxylic acids is 1. The van der Waals surface area contributed by atoms with Gasteiger partial charge >= 0.3 is 5.97 Å². The van der Waals surface area contributed by atoms with Crippen molar-refractivity contribution in [3.8, 4) is 0 Å². The average molecular weight is 509 g/mol. The third-order valence-electron chi connectivity index (χ3n) is 7.31. The number of carbonyl (C=O) groups is 4. The van der Waals surface area contributed by atoms with Crippen LogP contribution in [0.15, 0.2) is 46.0 Å². The number of ketones is 1. The number of amidine groups is 1. The lowest BCUT2D eigenvalue weighted by atomic mass is 9.89. The molecule has 0 aliphatic carbocycles. The van der Waals surface area contributed by atoms with Crippen LogP contribution in [0.3, 0.4) is 0 Å². The van der Waals surface area contributed by atoms with E-state index in [0.717, 1.165) is 11.3 Å². The lowest BCUT2D eigenvalue weighted by molar-refractivity contribution is -0.153. The smallest absolute Gasteiger partial charge is 0.306 e. The molecule has 196 valence electrons. The number of amides is 2. The second-order valence-electron chi connectivity index (χ2n) is 9.76. The molecule has 11 heteroatoms. The average Bonchev–Trinajstić information content (AvgIpc) is 3.29. The summed E-state index contributed by atoms with van der Waals surface area (Å²) in [6.45, 7) is 4.91. The van der Waals surface area contributed by atoms with Crippen LogP contribution >= 0.6 is 0 Å². The van der Waals surface area contributed by atoms with Gasteiger partial charge in [0.25, 0.3) is 0 Å². The van der Waals surface area contributed by atoms with Crippen molar-refractivity contribution in [2.24, 2.45) is 33.5 Å². The second-order valence-corrected chi connectivity index (χ2v) is 9.76. The first-order valence-corrected chi connectivity index (χ1v) is 12.5. The van der Waals surface area contributed by atoms with Gasteiger partial charge in [0, 0.05) is 43.0 Å². The highest BCUT2D eigenvalue weighted by Crippen LogP contribution is 2.27. The molecule has 0 spiro atoms. The quantitative estimate of drug-likeness (QED) is 0.190. The zero-order chi connectivity index (χ0) is 26.7. The van der Waals surface area contributed by atoms with Crippen LogP contribution in [0.25, 0.3) is 0 Å². The van der Waals surface area contributed by atoms with Crippen molar-refractivity contribution in [2.75, 3.05) is 18.4 Å². The van der Waals surface area contributed by atoms with Crippen LogP contribution in [0.4, 0.5) is 5.69 Å². The number of carboxylic acid groups (broad SMARTS) is 1. The summed E-state index contributed by atoms with van der Waals surface area (Å²) in [4.78, 5) is 58.6. The number of anilines is 1. The number of nitrogens with two attached hydrogens (primary N) is 1. The number of hydrogen-bond acceptors (Lipinski definition) is 8. The number of rotatable bonds is 12. The molecule has 0 aromatic heterocycles. The van der Waals surface area contributed by atoms with Crippen LogP contribution < -0.4 is 16.4 Å². The van der Waals surface area contributed by atoms with Gasteiger partial charge in [0.1, 0.15) is 11.8 Å². The van der Waals surface area contributed by atoms with Gasteiger partial charge in [-0.15, -0.1) is 0 Å². The maximum Gasteiger partial charge on any atom is 0.306 e. The number of carbonyl (C=O) groups excluding carboxylic acids is 3. The van der Waals surface area contributed by atoms with E-state index in [0.29, 0.717) is 43.8 Å². The number of guanidine groups is 1. The van der Waals surface area contributed by atoms with Crippen molar-refractivity contribution < 1.29 is 24.3 Å². The van der Waals surface area contributed by atoms with Crippen molar-refractivity contribution in [1.82, 2.24) is 10.2 Å². The fourth-order valence-corrected chi connectivity index (χ4v) is 4.82. The fourth-order valence-electron chi connectivity index (χ4n) is 4.82. The molecule has 3 aliphatic heterocycles. The van der Waals surface area contributed by atoms with Gasteiger partial charge in [0.05, 0.1) is 11.8 Å². The fraction of sp³-hybridized carbons (Fsp3) is 0.462. The van der Waals surface area contributed by atoms with Crippen LogP contribution in [0, 0.1) is 17.8 Å². The molecule has 1 fully saturated rings. The van der Waals surface area contributed by atoms with Crippen molar-refractivity contribution in [3.05, 3.63) is 41.6 Å². The molecule has 1 aromatic carbocycles. The maximum atomic E-state index is 12.7. The number of carboxylic acids is 1. The molecule has 0 radical (unpaired) electrons. The lowest BCUT2D eigenvalue weighted by Gasteiger charge is -2.44. The highest BCUT2D eigenvalue weighted by Gasteiger charge is 2.40. The van der Waals surface area contributed by atoms with E-state index in [1.165, 1.54) is 0 Å². The topological polar surface area (TPSA) is 167 Å². The Bertz CT molecular complexity index is 1190. The summed E-state index contributed by atoms with van der Waals surface area (Å²) >= 11 is 0. The Balaban J connectivity index is 1.23. The van der Waals surface area contributed by atoms with E-state index in [9.17, 15) is 24.3 Å². The predicted molar refractivity (Wildman–Crippen MR) is 138 cm³/mol. The molecule has 11 nitrogen and oxygen atoms in total. The second kappa shape index (κ2) is 10.9. The van der Waals surface area contributed by atoms with Gasteiger partial charge in [-0.05, 0) is 49.6 Å². The minimum absolute atomic E-state index is 0.0282. The molecular formula is C26H32N6O5. The van der Waals surface area contributed by atoms with E-state index >= 15 is 0 Å². The van der Waals surface area contributed by atoms with Gasteiger partial charge in [0.15, 0.2) is 5.78 Å². The van der Waals surface area contributed by atoms with Crippen LogP contribution in [0.5, 0.6) is 0 Å². The minimum atomic E-state index is -0.988. The molecule has 2 amide bonds. The number of nitrogens with zero attached hydrogens (tertiary/aromatic N) is 3. The summed E-state index contributed by atoms with van der Waals surface area (Å²) in [5.74, 6) is -2.24. The molecular weight excluding hydrogens is 476 g/mol. The van der Waals surface area contributed by atoms with Gasteiger partial charge in [0.2, 0.25) is 17.8 Å². The van der Waals surface area contributed by atoms with Gasteiger partial charge in [-0.1, -0.05) is 13.3 Å². The Labute approximate surface area is 214 Å². The first-order valence-electron chi connectivity index (χ1n) is 12.5. The number of likely N-dealkylation sites (tertiary alicyclic amines) is 1. The van der Waals surface area contributed by atoms with Gasteiger partial charge < -0.3 is 21.1 Å².